The van der Waals surface area contributed by atoms with Crippen LogP contribution in [-0.2, 0) is 0 Å². The lowest BCUT2D eigenvalue weighted by atomic mass is 10.0. The van der Waals surface area contributed by atoms with Crippen molar-refractivity contribution in [2.75, 3.05) is 13.7 Å². The summed E-state index contributed by atoms with van der Waals surface area (Å²) in [6, 6.07) is 2.52. The van der Waals surface area contributed by atoms with E-state index >= 15 is 0 Å². The standard InChI is InChI=1S/C10H14FNO2/c1-6(5-12)7-3-10(14-2)9(13)4-8(7)11/h3-4,6,13H,5,12H2,1-2H3. The lowest BCUT2D eigenvalue weighted by molar-refractivity contribution is 0.369. The molecule has 0 bridgehead atoms. The molecule has 0 radical (unpaired) electrons. The lowest BCUT2D eigenvalue weighted by Crippen LogP contribution is -2.10. The summed E-state index contributed by atoms with van der Waals surface area (Å²) in [5.41, 5.74) is 5.89. The van der Waals surface area contributed by atoms with Gasteiger partial charge in [0, 0.05) is 6.07 Å². The van der Waals surface area contributed by atoms with Gasteiger partial charge in [0.05, 0.1) is 7.11 Å². The molecule has 0 aliphatic rings. The monoisotopic (exact) mass is 199 g/mol. The number of nitrogens with two attached hydrogens (primary N) is 1. The van der Waals surface area contributed by atoms with Gasteiger partial charge in [-0.2, -0.15) is 0 Å². The molecular formula is C10H14FNO2. The second-order valence-electron chi connectivity index (χ2n) is 3.18. The summed E-state index contributed by atoms with van der Waals surface area (Å²) in [7, 11) is 1.42. The van der Waals surface area contributed by atoms with Gasteiger partial charge in [0.2, 0.25) is 0 Å². The van der Waals surface area contributed by atoms with E-state index in [9.17, 15) is 9.50 Å². The summed E-state index contributed by atoms with van der Waals surface area (Å²) in [4.78, 5) is 0. The Balaban J connectivity index is 3.17. The Labute approximate surface area is 82.3 Å². The number of halogens is 1. The van der Waals surface area contributed by atoms with Crippen molar-refractivity contribution in [3.63, 3.8) is 0 Å². The number of phenolic OH excluding ortho intramolecular Hbond substituents is 1. The van der Waals surface area contributed by atoms with Crippen molar-refractivity contribution in [1.29, 1.82) is 0 Å². The van der Waals surface area contributed by atoms with E-state index in [0.29, 0.717) is 12.1 Å². The van der Waals surface area contributed by atoms with E-state index in [1.165, 1.54) is 13.2 Å². The number of hydrogen-bond donors (Lipinski definition) is 2. The van der Waals surface area contributed by atoms with E-state index in [1.807, 2.05) is 6.92 Å². The molecule has 1 atom stereocenters. The van der Waals surface area contributed by atoms with Gasteiger partial charge in [-0.05, 0) is 24.1 Å². The molecule has 0 saturated heterocycles. The Morgan fingerprint density at radius 3 is 2.71 bits per heavy atom. The maximum Gasteiger partial charge on any atom is 0.160 e. The molecule has 1 aromatic rings. The van der Waals surface area contributed by atoms with Crippen LogP contribution in [0.15, 0.2) is 12.1 Å². The van der Waals surface area contributed by atoms with Crippen LogP contribution in [0.25, 0.3) is 0 Å². The van der Waals surface area contributed by atoms with E-state index in [1.54, 1.807) is 0 Å². The van der Waals surface area contributed by atoms with Gasteiger partial charge in [-0.3, -0.25) is 0 Å². The minimum atomic E-state index is -0.457. The Bertz CT molecular complexity index is 328. The van der Waals surface area contributed by atoms with Crippen LogP contribution in [0, 0.1) is 5.82 Å². The molecule has 0 fully saturated rings. The van der Waals surface area contributed by atoms with Crippen molar-refractivity contribution >= 4 is 0 Å². The summed E-state index contributed by atoms with van der Waals surface area (Å²) >= 11 is 0. The number of phenols is 1. The van der Waals surface area contributed by atoms with Gasteiger partial charge in [0.1, 0.15) is 5.82 Å². The fourth-order valence-electron chi connectivity index (χ4n) is 1.23. The second kappa shape index (κ2) is 4.28. The van der Waals surface area contributed by atoms with E-state index in [2.05, 4.69) is 0 Å². The summed E-state index contributed by atoms with van der Waals surface area (Å²) in [6.45, 7) is 2.17. The van der Waals surface area contributed by atoms with Gasteiger partial charge >= 0.3 is 0 Å². The fraction of sp³-hybridized carbons (Fsp3) is 0.400. The molecule has 14 heavy (non-hydrogen) atoms. The maximum atomic E-state index is 13.3. The number of hydrogen-bond acceptors (Lipinski definition) is 3. The first-order chi connectivity index (χ1) is 6.60. The van der Waals surface area contributed by atoms with Crippen LogP contribution in [0.4, 0.5) is 4.39 Å². The average Bonchev–Trinajstić information content (AvgIpc) is 2.17. The van der Waals surface area contributed by atoms with Gasteiger partial charge in [-0.1, -0.05) is 6.92 Å². The molecule has 0 heterocycles. The molecule has 1 unspecified atom stereocenters. The number of methoxy groups -OCH3 is 1. The third kappa shape index (κ3) is 1.96. The molecule has 3 N–H and O–H groups in total. The van der Waals surface area contributed by atoms with Gasteiger partial charge in [-0.15, -0.1) is 0 Å². The normalized spacial score (nSPS) is 12.6. The van der Waals surface area contributed by atoms with E-state index in [-0.39, 0.29) is 17.4 Å². The molecule has 0 aliphatic heterocycles. The molecule has 0 aliphatic carbocycles. The SMILES string of the molecule is COc1cc(C(C)CN)c(F)cc1O. The van der Waals surface area contributed by atoms with Gasteiger partial charge in [-0.25, -0.2) is 4.39 Å². The van der Waals surface area contributed by atoms with Crippen LogP contribution < -0.4 is 10.5 Å². The Morgan fingerprint density at radius 2 is 2.21 bits per heavy atom. The maximum absolute atomic E-state index is 13.3. The summed E-state index contributed by atoms with van der Waals surface area (Å²) in [5, 5.41) is 9.27. The van der Waals surface area contributed by atoms with E-state index < -0.39 is 5.82 Å². The smallest absolute Gasteiger partial charge is 0.160 e. The minimum Gasteiger partial charge on any atom is -0.504 e. The predicted molar refractivity (Wildman–Crippen MR) is 52.1 cm³/mol. The molecule has 1 aromatic carbocycles. The van der Waals surface area contributed by atoms with Crippen molar-refractivity contribution in [3.05, 3.63) is 23.5 Å². The molecule has 0 aromatic heterocycles. The second-order valence-corrected chi connectivity index (χ2v) is 3.18. The number of aromatic hydroxyl groups is 1. The largest absolute Gasteiger partial charge is 0.504 e. The molecule has 78 valence electrons. The molecule has 0 saturated carbocycles. The zero-order valence-corrected chi connectivity index (χ0v) is 8.25. The summed E-state index contributed by atoms with van der Waals surface area (Å²) in [5.74, 6) is -0.481. The van der Waals surface area contributed by atoms with Crippen LogP contribution in [0.2, 0.25) is 0 Å². The average molecular weight is 199 g/mol. The van der Waals surface area contributed by atoms with Crippen LogP contribution in [0.5, 0.6) is 11.5 Å². The highest BCUT2D eigenvalue weighted by atomic mass is 19.1. The first kappa shape index (κ1) is 10.8. The molecule has 0 amide bonds. The third-order valence-electron chi connectivity index (χ3n) is 2.18. The highest BCUT2D eigenvalue weighted by Gasteiger charge is 2.13. The highest BCUT2D eigenvalue weighted by molar-refractivity contribution is 5.43. The van der Waals surface area contributed by atoms with Crippen molar-refractivity contribution in [2.24, 2.45) is 5.73 Å². The topological polar surface area (TPSA) is 55.5 Å². The minimum absolute atomic E-state index is 0.0931. The fourth-order valence-corrected chi connectivity index (χ4v) is 1.23. The van der Waals surface area contributed by atoms with Crippen molar-refractivity contribution in [2.45, 2.75) is 12.8 Å². The highest BCUT2D eigenvalue weighted by Crippen LogP contribution is 2.31. The van der Waals surface area contributed by atoms with Crippen molar-refractivity contribution in [1.82, 2.24) is 0 Å². The quantitative estimate of drug-likeness (QED) is 0.777. The number of rotatable bonds is 3. The number of benzene rings is 1. The third-order valence-corrected chi connectivity index (χ3v) is 2.18. The van der Waals surface area contributed by atoms with Crippen LogP contribution in [-0.4, -0.2) is 18.8 Å². The Hall–Kier alpha value is -1.29. The molecule has 3 nitrogen and oxygen atoms in total. The molecule has 0 spiro atoms. The molecule has 4 heteroatoms. The summed E-state index contributed by atoms with van der Waals surface area (Å²) < 4.78 is 18.2. The first-order valence-corrected chi connectivity index (χ1v) is 4.36. The first-order valence-electron chi connectivity index (χ1n) is 4.36. The zero-order valence-electron chi connectivity index (χ0n) is 8.25. The summed E-state index contributed by atoms with van der Waals surface area (Å²) in [6.07, 6.45) is 0. The van der Waals surface area contributed by atoms with E-state index in [4.69, 9.17) is 10.5 Å². The van der Waals surface area contributed by atoms with Crippen molar-refractivity contribution < 1.29 is 14.2 Å². The Kier molecular flexibility index (Phi) is 3.30. The van der Waals surface area contributed by atoms with E-state index in [0.717, 1.165) is 6.07 Å². The van der Waals surface area contributed by atoms with Gasteiger partial charge < -0.3 is 15.6 Å². The lowest BCUT2D eigenvalue weighted by Gasteiger charge is -2.12. The van der Waals surface area contributed by atoms with Crippen LogP contribution in [0.1, 0.15) is 18.4 Å². The predicted octanol–water partition coefficient (Wildman–Crippen LogP) is 1.60. The number of ether oxygens (including phenoxy) is 1. The van der Waals surface area contributed by atoms with Gasteiger partial charge in [0.25, 0.3) is 0 Å². The Morgan fingerprint density at radius 1 is 1.57 bits per heavy atom. The van der Waals surface area contributed by atoms with Crippen LogP contribution in [0.3, 0.4) is 0 Å². The van der Waals surface area contributed by atoms with Gasteiger partial charge in [0.15, 0.2) is 11.5 Å². The molecule has 1 rings (SSSR count). The van der Waals surface area contributed by atoms with Crippen molar-refractivity contribution in [3.8, 4) is 11.5 Å². The van der Waals surface area contributed by atoms with Crippen LogP contribution >= 0.6 is 0 Å². The molecular weight excluding hydrogens is 185 g/mol. The zero-order chi connectivity index (χ0) is 10.7.